The van der Waals surface area contributed by atoms with E-state index in [1.807, 2.05) is 24.3 Å². The van der Waals surface area contributed by atoms with Crippen molar-refractivity contribution in [2.24, 2.45) is 0 Å². The van der Waals surface area contributed by atoms with Crippen LogP contribution in [0.2, 0.25) is 0 Å². The fourth-order valence-electron chi connectivity index (χ4n) is 4.85. The first-order valence-electron chi connectivity index (χ1n) is 11.0. The molecule has 0 fully saturated rings. The predicted molar refractivity (Wildman–Crippen MR) is 131 cm³/mol. The molecule has 4 rings (SSSR count). The monoisotopic (exact) mass is 603 g/mol. The summed E-state index contributed by atoms with van der Waals surface area (Å²) < 4.78 is 6.02. The Morgan fingerprint density at radius 3 is 1.62 bits per heavy atom. The second-order valence-corrected chi connectivity index (χ2v) is 63.6. The summed E-state index contributed by atoms with van der Waals surface area (Å²) in [6.45, 7) is 3.61. The normalized spacial score (nSPS) is 19.6. The molecule has 0 aliphatic heterocycles. The number of carbonyl (C=O) groups is 2. The average molecular weight is 606 g/mol. The van der Waals surface area contributed by atoms with Gasteiger partial charge in [0.25, 0.3) is 0 Å². The summed E-state index contributed by atoms with van der Waals surface area (Å²) in [5, 5.41) is 0. The Morgan fingerprint density at radius 1 is 0.812 bits per heavy atom. The molecule has 0 saturated heterocycles. The molecule has 4 nitrogen and oxygen atoms in total. The predicted octanol–water partition coefficient (Wildman–Crippen LogP) is 5.56. The van der Waals surface area contributed by atoms with E-state index in [4.69, 9.17) is 17.0 Å². The van der Waals surface area contributed by atoms with E-state index in [0.29, 0.717) is 12.8 Å². The maximum atomic E-state index is 12.7. The molecular formula is C24H26Cl2GaN2O2Zr. The quantitative estimate of drug-likeness (QED) is 0.406. The van der Waals surface area contributed by atoms with Crippen LogP contribution in [0, 0.1) is 0 Å². The van der Waals surface area contributed by atoms with Crippen LogP contribution in [0.15, 0.2) is 60.7 Å². The van der Waals surface area contributed by atoms with Crippen molar-refractivity contribution in [1.82, 2.24) is 8.05 Å². The topological polar surface area (TPSA) is 58.2 Å². The van der Waals surface area contributed by atoms with Crippen LogP contribution in [0.5, 0.6) is 0 Å². The number of halogens is 2. The standard InChI is InChI=1S/2C9H7.2C3H7NO.2ClH.Ga.Zr/c2*1-2-5-9-7-3-6-8(9)4-1;2*1-2-3(4)5;;;;/h2*1-7H;2*2H2,1H3,(H2,4,5);2*1H;;/q;;;;;;2*+2/p-4. The van der Waals surface area contributed by atoms with E-state index in [0.717, 1.165) is 22.3 Å². The van der Waals surface area contributed by atoms with Crippen molar-refractivity contribution in [3.05, 3.63) is 82.9 Å². The number of carbonyl (C=O) groups excluding carboxylic acids is 2. The molecule has 0 spiro atoms. The van der Waals surface area contributed by atoms with Gasteiger partial charge in [-0.2, -0.15) is 0 Å². The third-order valence-corrected chi connectivity index (χ3v) is 65.5. The van der Waals surface area contributed by atoms with Crippen LogP contribution in [0.4, 0.5) is 0 Å². The van der Waals surface area contributed by atoms with Crippen LogP contribution in [-0.2, 0) is 22.9 Å². The maximum absolute atomic E-state index is 12.7. The number of nitrogens with one attached hydrogen (secondary N) is 2. The average Bonchev–Trinajstić information content (AvgIpc) is 3.44. The molecular weight excluding hydrogens is 580 g/mol. The van der Waals surface area contributed by atoms with Gasteiger partial charge < -0.3 is 0 Å². The molecule has 2 N–H and O–H groups in total. The van der Waals surface area contributed by atoms with Crippen molar-refractivity contribution in [2.75, 3.05) is 0 Å². The molecule has 2 unspecified atom stereocenters. The summed E-state index contributed by atoms with van der Waals surface area (Å²) in [4.78, 5) is 25.3. The molecule has 2 aromatic rings. The van der Waals surface area contributed by atoms with Gasteiger partial charge in [-0.3, -0.25) is 0 Å². The van der Waals surface area contributed by atoms with Crippen LogP contribution in [0.1, 0.15) is 56.2 Å². The Balaban J connectivity index is 1.94. The van der Waals surface area contributed by atoms with Crippen molar-refractivity contribution in [2.45, 2.75) is 33.9 Å². The minimum atomic E-state index is -5.12. The van der Waals surface area contributed by atoms with Gasteiger partial charge in [0.2, 0.25) is 0 Å². The van der Waals surface area contributed by atoms with Crippen LogP contribution >= 0.6 is 17.0 Å². The molecule has 32 heavy (non-hydrogen) atoms. The van der Waals surface area contributed by atoms with Gasteiger partial charge in [0, 0.05) is 0 Å². The summed E-state index contributed by atoms with van der Waals surface area (Å²) in [6.07, 6.45) is 9.00. The van der Waals surface area contributed by atoms with E-state index in [1.165, 1.54) is 0 Å². The second kappa shape index (κ2) is 9.31. The van der Waals surface area contributed by atoms with Gasteiger partial charge in [0.1, 0.15) is 0 Å². The van der Waals surface area contributed by atoms with Gasteiger partial charge in [-0.25, -0.2) is 0 Å². The third kappa shape index (κ3) is 4.03. The zero-order chi connectivity index (χ0) is 23.0. The Bertz CT molecular complexity index is 1050. The number of allylic oxidation sites excluding steroid dienone is 2. The fraction of sp³-hybridized carbons (Fsp3) is 0.250. The van der Waals surface area contributed by atoms with E-state index in [2.05, 4.69) is 56.6 Å². The zero-order valence-corrected chi connectivity index (χ0v) is 24.5. The zero-order valence-electron chi connectivity index (χ0n) is 18.1. The van der Waals surface area contributed by atoms with Gasteiger partial charge >= 0.3 is 201 Å². The van der Waals surface area contributed by atoms with Crippen molar-refractivity contribution < 1.29 is 22.9 Å². The summed E-state index contributed by atoms with van der Waals surface area (Å²) in [5.74, 6) is -0.225. The molecule has 0 saturated carbocycles. The van der Waals surface area contributed by atoms with E-state index < -0.39 is 26.0 Å². The Morgan fingerprint density at radius 2 is 1.22 bits per heavy atom. The molecule has 2 aliphatic rings. The molecule has 0 heterocycles. The molecule has 165 valence electrons. The number of hydrogen-bond acceptors (Lipinski definition) is 2. The van der Waals surface area contributed by atoms with Gasteiger partial charge in [-0.15, -0.1) is 0 Å². The van der Waals surface area contributed by atoms with Gasteiger partial charge in [0.15, 0.2) is 0 Å². The van der Waals surface area contributed by atoms with E-state index in [9.17, 15) is 9.59 Å². The van der Waals surface area contributed by atoms with Crippen molar-refractivity contribution in [1.29, 1.82) is 0 Å². The first kappa shape index (κ1) is 24.1. The summed E-state index contributed by atoms with van der Waals surface area (Å²) in [5.41, 5.74) is 4.37. The summed E-state index contributed by atoms with van der Waals surface area (Å²) in [7, 11) is 15.9. The Kier molecular flexibility index (Phi) is 7.01. The molecule has 0 aromatic heterocycles. The summed E-state index contributed by atoms with van der Waals surface area (Å²) in [6, 6.07) is 16.3. The number of hydrogen-bond donors (Lipinski definition) is 2. The second-order valence-electron chi connectivity index (χ2n) is 8.43. The molecule has 2 amide bonds. The fourth-order valence-corrected chi connectivity index (χ4v) is 56.1. The number of fused-ring (bicyclic) bond motifs is 2. The van der Waals surface area contributed by atoms with Crippen LogP contribution in [0.3, 0.4) is 0 Å². The van der Waals surface area contributed by atoms with Crippen LogP contribution in [-0.4, -0.2) is 24.5 Å². The number of amides is 2. The van der Waals surface area contributed by atoms with Crippen molar-refractivity contribution in [3.8, 4) is 0 Å². The molecule has 2 aliphatic carbocycles. The minimum absolute atomic E-state index is 0.112. The first-order chi connectivity index (χ1) is 15.3. The number of rotatable bonds is 7. The Hall–Kier alpha value is -1.04. The van der Waals surface area contributed by atoms with E-state index in [-0.39, 0.29) is 19.1 Å². The van der Waals surface area contributed by atoms with Gasteiger partial charge in [0.05, 0.1) is 0 Å². The van der Waals surface area contributed by atoms with Crippen molar-refractivity contribution >= 4 is 53.6 Å². The van der Waals surface area contributed by atoms with Gasteiger partial charge in [-0.1, -0.05) is 0 Å². The molecule has 2 aromatic carbocycles. The van der Waals surface area contributed by atoms with Crippen LogP contribution in [0.25, 0.3) is 12.2 Å². The SMILES string of the molecule is CCC(=O)[NH][Ga]([NH]C(=O)CC)[Zr]([Cl])([Cl])([CH]1C=Cc2ccccc21)[CH]1C=Cc2ccccc21. The Labute approximate surface area is 199 Å². The summed E-state index contributed by atoms with van der Waals surface area (Å²) >= 11 is -8.49. The molecule has 0 bridgehead atoms. The van der Waals surface area contributed by atoms with Gasteiger partial charge in [-0.05, 0) is 0 Å². The van der Waals surface area contributed by atoms with Crippen LogP contribution < -0.4 is 8.05 Å². The third-order valence-electron chi connectivity index (χ3n) is 6.59. The molecule has 2 atom stereocenters. The molecule has 8 heteroatoms. The van der Waals surface area contributed by atoms with E-state index >= 15 is 0 Å². The number of benzene rings is 2. The van der Waals surface area contributed by atoms with E-state index in [1.54, 1.807) is 13.8 Å². The molecule has 0 radical (unpaired) electrons. The van der Waals surface area contributed by atoms with Crippen molar-refractivity contribution in [3.63, 3.8) is 0 Å². The first-order valence-corrected chi connectivity index (χ1v) is 31.2.